The first-order chi connectivity index (χ1) is 26.0. The maximum absolute atomic E-state index is 12.5. The zero-order valence-corrected chi connectivity index (χ0v) is 35.2. The number of imide groups is 1. The van der Waals surface area contributed by atoms with Crippen molar-refractivity contribution in [1.82, 2.24) is 9.80 Å². The summed E-state index contributed by atoms with van der Waals surface area (Å²) in [7, 11) is 1.72. The van der Waals surface area contributed by atoms with E-state index in [1.807, 2.05) is 26.0 Å². The second kappa shape index (κ2) is 28.5. The zero-order valence-electron chi connectivity index (χ0n) is 35.2. The van der Waals surface area contributed by atoms with Crippen molar-refractivity contribution in [3.63, 3.8) is 0 Å². The molecule has 0 unspecified atom stereocenters. The van der Waals surface area contributed by atoms with E-state index in [0.29, 0.717) is 26.2 Å². The first-order valence-electron chi connectivity index (χ1n) is 19.0. The molecule has 1 fully saturated rings. The normalized spacial score (nSPS) is 21.5. The van der Waals surface area contributed by atoms with Gasteiger partial charge in [0.15, 0.2) is 0 Å². The fraction of sp³-hybridized carbons (Fsp3) is 0.683. The van der Waals surface area contributed by atoms with Gasteiger partial charge in [-0.25, -0.2) is 4.79 Å². The molecule has 1 saturated heterocycles. The van der Waals surface area contributed by atoms with Crippen LogP contribution in [0.25, 0.3) is 0 Å². The molecule has 2 aliphatic rings. The Labute approximate surface area is 346 Å². The first-order valence-corrected chi connectivity index (χ1v) is 19.0. The van der Waals surface area contributed by atoms with Gasteiger partial charge in [0.25, 0.3) is 11.8 Å². The van der Waals surface area contributed by atoms with Crippen molar-refractivity contribution in [3.05, 3.63) is 49.8 Å². The fourth-order valence-electron chi connectivity index (χ4n) is 6.45. The van der Waals surface area contributed by atoms with Crippen LogP contribution < -0.4 is 18.9 Å². The summed E-state index contributed by atoms with van der Waals surface area (Å²) in [4.78, 5) is 58.5. The number of carboxylic acids is 1. The van der Waals surface area contributed by atoms with Crippen molar-refractivity contribution < 1.29 is 76.4 Å². The van der Waals surface area contributed by atoms with Gasteiger partial charge in [0.05, 0.1) is 62.8 Å². The molecule has 1 N–H and O–H groups in total. The van der Waals surface area contributed by atoms with E-state index in [1.54, 1.807) is 13.4 Å². The van der Waals surface area contributed by atoms with E-state index in [1.165, 1.54) is 17.1 Å². The number of ether oxygens (including phenoxy) is 6. The Kier molecular flexibility index (Phi) is 27.1. The SMILES string of the molecule is O=[C-]CCOCCOCCN1C(=O)C=CC1=O.[CH2-]CN(C[CH2-])C(=O)O[C@@H]1C[C@H](CC(=O)O)O[C@H](/C(C)=C/C=C/[C@@H](C)CC(C)(C)O[C@H](C)[C@H](CC)OC)[C@H]1C.[Li+]. The van der Waals surface area contributed by atoms with Gasteiger partial charge in [-0.2, -0.15) is 0 Å². The average molecular weight is 785 g/mol. The summed E-state index contributed by atoms with van der Waals surface area (Å²) in [6.07, 6.45) is 10.7. The number of rotatable bonds is 24. The summed E-state index contributed by atoms with van der Waals surface area (Å²) in [6, 6.07) is 0. The van der Waals surface area contributed by atoms with E-state index in [-0.39, 0.29) is 106 Å². The van der Waals surface area contributed by atoms with E-state index in [9.17, 15) is 29.1 Å². The van der Waals surface area contributed by atoms with Gasteiger partial charge in [-0.05, 0) is 52.0 Å². The number of carboxylic acid groups (broad SMARTS) is 1. The zero-order chi connectivity index (χ0) is 41.6. The molecule has 2 rings (SSSR count). The number of aliphatic carboxylic acids is 1. The molecule has 0 aromatic heterocycles. The van der Waals surface area contributed by atoms with Crippen LogP contribution in [0, 0.1) is 25.7 Å². The number of methoxy groups -OCH3 is 1. The van der Waals surface area contributed by atoms with Gasteiger partial charge in [0.2, 0.25) is 0 Å². The molecule has 3 amide bonds. The number of hydrogen-bond donors (Lipinski definition) is 1. The topological polar surface area (TPSA) is 167 Å². The molecule has 314 valence electrons. The van der Waals surface area contributed by atoms with Crippen LogP contribution in [0.2, 0.25) is 0 Å². The molecule has 0 aromatic carbocycles. The Hall–Kier alpha value is -2.83. The molecule has 0 bridgehead atoms. The molecule has 0 aromatic rings. The van der Waals surface area contributed by atoms with Crippen molar-refractivity contribution in [2.24, 2.45) is 11.8 Å². The summed E-state index contributed by atoms with van der Waals surface area (Å²) in [5.41, 5.74) is 0.629. The van der Waals surface area contributed by atoms with Crippen LogP contribution in [-0.2, 0) is 47.6 Å². The summed E-state index contributed by atoms with van der Waals surface area (Å²) < 4.78 is 34.0. The molecule has 2 heterocycles. The van der Waals surface area contributed by atoms with Crippen molar-refractivity contribution >= 4 is 30.2 Å². The van der Waals surface area contributed by atoms with Gasteiger partial charge >= 0.3 is 30.9 Å². The van der Waals surface area contributed by atoms with Crippen LogP contribution in [0.1, 0.15) is 80.6 Å². The summed E-state index contributed by atoms with van der Waals surface area (Å²) >= 11 is 0. The van der Waals surface area contributed by atoms with Crippen molar-refractivity contribution in [1.29, 1.82) is 0 Å². The van der Waals surface area contributed by atoms with E-state index in [0.717, 1.165) is 23.3 Å². The minimum absolute atomic E-state index is 0. The summed E-state index contributed by atoms with van der Waals surface area (Å²) in [5.74, 6) is -1.45. The maximum atomic E-state index is 12.5. The fourth-order valence-corrected chi connectivity index (χ4v) is 6.45. The molecule has 0 radical (unpaired) electrons. The average Bonchev–Trinajstić information content (AvgIpc) is 3.43. The number of hydrogen-bond acceptors (Lipinski definition) is 11. The van der Waals surface area contributed by atoms with Gasteiger partial charge in [-0.1, -0.05) is 39.0 Å². The number of nitrogens with zero attached hydrogens (tertiary/aromatic N) is 2. The second-order valence-corrected chi connectivity index (χ2v) is 14.3. The molecule has 0 aliphatic carbocycles. The van der Waals surface area contributed by atoms with Gasteiger partial charge in [0, 0.05) is 38.2 Å². The van der Waals surface area contributed by atoms with E-state index in [2.05, 4.69) is 54.5 Å². The molecule has 15 heteroatoms. The molecule has 7 atom stereocenters. The van der Waals surface area contributed by atoms with Gasteiger partial charge in [-0.15, -0.1) is 19.5 Å². The van der Waals surface area contributed by atoms with Crippen LogP contribution in [-0.4, -0.2) is 134 Å². The van der Waals surface area contributed by atoms with Crippen molar-refractivity contribution in [2.75, 3.05) is 53.2 Å². The molecule has 0 saturated carbocycles. The third-order valence-electron chi connectivity index (χ3n) is 9.23. The van der Waals surface area contributed by atoms with Crippen molar-refractivity contribution in [3.8, 4) is 0 Å². The largest absolute Gasteiger partial charge is 1.00 e. The van der Waals surface area contributed by atoms with Crippen LogP contribution in [0.4, 0.5) is 4.79 Å². The number of allylic oxidation sites excluding steroid dienone is 3. The Balaban J connectivity index is 0.00000140. The Morgan fingerprint density at radius 1 is 1.11 bits per heavy atom. The molecule has 56 heavy (non-hydrogen) atoms. The molecule has 0 spiro atoms. The van der Waals surface area contributed by atoms with Gasteiger partial charge in [-0.3, -0.25) is 25.6 Å². The first kappa shape index (κ1) is 53.2. The second-order valence-electron chi connectivity index (χ2n) is 14.3. The summed E-state index contributed by atoms with van der Waals surface area (Å²) in [6.45, 7) is 24.0. The minimum atomic E-state index is -0.948. The van der Waals surface area contributed by atoms with E-state index < -0.39 is 24.3 Å². The monoisotopic (exact) mass is 784 g/mol. The van der Waals surface area contributed by atoms with Crippen LogP contribution in [0.3, 0.4) is 0 Å². The van der Waals surface area contributed by atoms with Crippen LogP contribution in [0.5, 0.6) is 0 Å². The molecular formula is C41H65LiN2O12-2. The smallest absolute Gasteiger partial charge is 0.542 e. The number of amides is 3. The molecule has 2 aliphatic heterocycles. The standard InChI is InChI=1S/C30H51NO7.C11H14NO5.Li/c1-11-25(35-10)23(7)38-30(8,9)19-20(4)15-14-16-21(5)28-22(6)26(17-24(36-28)18-27(32)33)37-29(34)31(12-2)13-3;13-5-1-6-16-8-9-17-7-4-12-10(14)2-3-11(12)15;/h14-16,20,22-26,28H,2-3,11-13,17-19H2,1,4-10H3,(H,32,33);2-3H,1,4,6-9H2;/q-2;-1;+1/b15-14+,21-16+;;/t20-,22+,23-,24-,25+,26-,28-;;/m1../s1. The van der Waals surface area contributed by atoms with Crippen LogP contribution in [0.15, 0.2) is 36.0 Å². The number of carbonyl (C=O) groups excluding carboxylic acids is 4. The predicted octanol–water partition coefficient (Wildman–Crippen LogP) is 2.32. The maximum Gasteiger partial charge on any atom is 1.00 e. The minimum Gasteiger partial charge on any atom is -0.542 e. The Bertz CT molecular complexity index is 1260. The quantitative estimate of drug-likeness (QED) is 0.0500. The van der Waals surface area contributed by atoms with Gasteiger partial charge in [0.1, 0.15) is 6.10 Å². The Morgan fingerprint density at radius 3 is 2.25 bits per heavy atom. The number of carbonyl (C=O) groups is 4. The molecule has 14 nitrogen and oxygen atoms in total. The third kappa shape index (κ3) is 20.0. The summed E-state index contributed by atoms with van der Waals surface area (Å²) in [5, 5.41) is 9.34. The molecular weight excluding hydrogens is 719 g/mol. The van der Waals surface area contributed by atoms with Gasteiger partial charge < -0.3 is 57.1 Å². The Morgan fingerprint density at radius 2 is 1.71 bits per heavy atom. The van der Waals surface area contributed by atoms with E-state index in [4.69, 9.17) is 28.4 Å². The predicted molar refractivity (Wildman–Crippen MR) is 207 cm³/mol. The van der Waals surface area contributed by atoms with E-state index >= 15 is 0 Å². The van der Waals surface area contributed by atoms with Crippen molar-refractivity contribution in [2.45, 2.75) is 117 Å². The third-order valence-corrected chi connectivity index (χ3v) is 9.23. The van der Waals surface area contributed by atoms with Crippen LogP contribution >= 0.6 is 0 Å².